The Labute approximate surface area is 168 Å². The van der Waals surface area contributed by atoms with Crippen LogP contribution < -0.4 is 11.1 Å². The molecule has 0 saturated heterocycles. The van der Waals surface area contributed by atoms with Gasteiger partial charge in [-0.25, -0.2) is 18.0 Å². The van der Waals surface area contributed by atoms with Crippen molar-refractivity contribution in [1.29, 1.82) is 0 Å². The Morgan fingerprint density at radius 3 is 2.57 bits per heavy atom. The first kappa shape index (κ1) is 21.2. The lowest BCUT2D eigenvalue weighted by atomic mass is 10.2. The van der Waals surface area contributed by atoms with Gasteiger partial charge in [0.15, 0.2) is 23.0 Å². The minimum absolute atomic E-state index is 0.192. The van der Waals surface area contributed by atoms with Gasteiger partial charge in [-0.15, -0.1) is 0 Å². The molecule has 2 amide bonds. The first-order valence-electron chi connectivity index (χ1n) is 9.11. The lowest BCUT2D eigenvalue weighted by molar-refractivity contribution is -0.135. The van der Waals surface area contributed by atoms with Crippen molar-refractivity contribution in [1.82, 2.24) is 9.47 Å². The molecular formula is C20H18F3N3O4. The molecule has 1 N–H and O–H groups in total. The fourth-order valence-electron chi connectivity index (χ4n) is 2.95. The van der Waals surface area contributed by atoms with Gasteiger partial charge < -0.3 is 14.6 Å². The van der Waals surface area contributed by atoms with Crippen LogP contribution in [0.15, 0.2) is 45.6 Å². The van der Waals surface area contributed by atoms with Gasteiger partial charge in [-0.1, -0.05) is 19.1 Å². The van der Waals surface area contributed by atoms with E-state index in [2.05, 4.69) is 5.32 Å². The Bertz CT molecular complexity index is 1160. The summed E-state index contributed by atoms with van der Waals surface area (Å²) in [6, 6.07) is 8.14. The summed E-state index contributed by atoms with van der Waals surface area (Å²) in [5, 5.41) is 2.12. The van der Waals surface area contributed by atoms with Crippen LogP contribution in [0.3, 0.4) is 0 Å². The molecule has 3 rings (SSSR count). The highest BCUT2D eigenvalue weighted by Crippen LogP contribution is 2.19. The quantitative estimate of drug-likeness (QED) is 0.595. The number of aromatic nitrogens is 1. The highest BCUT2D eigenvalue weighted by molar-refractivity contribution is 5.94. The molecule has 0 saturated carbocycles. The van der Waals surface area contributed by atoms with Crippen molar-refractivity contribution in [2.75, 3.05) is 18.4 Å². The number of benzene rings is 2. The molecule has 1 heterocycles. The van der Waals surface area contributed by atoms with Crippen molar-refractivity contribution in [3.8, 4) is 0 Å². The van der Waals surface area contributed by atoms with Crippen molar-refractivity contribution in [3.63, 3.8) is 0 Å². The Morgan fingerprint density at radius 2 is 1.83 bits per heavy atom. The maximum absolute atomic E-state index is 13.8. The first-order chi connectivity index (χ1) is 14.3. The topological polar surface area (TPSA) is 84.5 Å². The van der Waals surface area contributed by atoms with E-state index in [-0.39, 0.29) is 13.1 Å². The molecule has 7 nitrogen and oxygen atoms in total. The number of carbonyl (C=O) groups is 2. The fraction of sp³-hybridized carbons (Fsp3) is 0.250. The number of oxazole rings is 1. The van der Waals surface area contributed by atoms with E-state index in [1.807, 2.05) is 0 Å². The Hall–Kier alpha value is -3.56. The van der Waals surface area contributed by atoms with Crippen LogP contribution in [-0.4, -0.2) is 34.4 Å². The zero-order valence-corrected chi connectivity index (χ0v) is 16.0. The number of fused-ring (bicyclic) bond motifs is 1. The summed E-state index contributed by atoms with van der Waals surface area (Å²) in [6.45, 7) is 1.15. The monoisotopic (exact) mass is 421 g/mol. The number of hydrogen-bond donors (Lipinski definition) is 1. The summed E-state index contributed by atoms with van der Waals surface area (Å²) in [6.07, 6.45) is 0.513. The predicted molar refractivity (Wildman–Crippen MR) is 102 cm³/mol. The number of carbonyl (C=O) groups excluding carboxylic acids is 2. The van der Waals surface area contributed by atoms with E-state index in [0.717, 1.165) is 10.6 Å². The number of rotatable bonds is 7. The van der Waals surface area contributed by atoms with Crippen LogP contribution in [0.2, 0.25) is 0 Å². The van der Waals surface area contributed by atoms with Gasteiger partial charge in [-0.2, -0.15) is 0 Å². The molecule has 2 aromatic carbocycles. The Kier molecular flexibility index (Phi) is 6.24. The molecular weight excluding hydrogens is 403 g/mol. The molecule has 0 bridgehead atoms. The average Bonchev–Trinajstić information content (AvgIpc) is 3.03. The van der Waals surface area contributed by atoms with Crippen molar-refractivity contribution in [2.24, 2.45) is 0 Å². The second-order valence-electron chi connectivity index (χ2n) is 6.51. The summed E-state index contributed by atoms with van der Waals surface area (Å²) in [5.41, 5.74) is 0.212. The molecule has 0 spiro atoms. The highest BCUT2D eigenvalue weighted by atomic mass is 19.2. The van der Waals surface area contributed by atoms with Gasteiger partial charge in [0.25, 0.3) is 0 Å². The third-order valence-electron chi connectivity index (χ3n) is 4.36. The van der Waals surface area contributed by atoms with E-state index >= 15 is 0 Å². The van der Waals surface area contributed by atoms with Gasteiger partial charge in [0.1, 0.15) is 6.54 Å². The zero-order valence-electron chi connectivity index (χ0n) is 16.0. The fourth-order valence-corrected chi connectivity index (χ4v) is 2.95. The maximum atomic E-state index is 13.8. The lowest BCUT2D eigenvalue weighted by Crippen LogP contribution is -2.41. The van der Waals surface area contributed by atoms with Crippen LogP contribution in [0, 0.1) is 17.5 Å². The molecule has 0 fully saturated rings. The third kappa shape index (κ3) is 4.37. The highest BCUT2D eigenvalue weighted by Gasteiger charge is 2.21. The van der Waals surface area contributed by atoms with Gasteiger partial charge in [-0.3, -0.25) is 14.2 Å². The SMILES string of the molecule is CCCN(CC(=O)Nc1ccc(F)c(F)c1F)C(=O)Cn1c(=O)oc2ccccc21. The summed E-state index contributed by atoms with van der Waals surface area (Å²) in [7, 11) is 0. The summed E-state index contributed by atoms with van der Waals surface area (Å²) < 4.78 is 46.3. The smallest absolute Gasteiger partial charge is 0.408 e. The van der Waals surface area contributed by atoms with Gasteiger partial charge in [-0.05, 0) is 30.7 Å². The van der Waals surface area contributed by atoms with Gasteiger partial charge in [0, 0.05) is 6.54 Å². The second kappa shape index (κ2) is 8.85. The van der Waals surface area contributed by atoms with Crippen LogP contribution >= 0.6 is 0 Å². The maximum Gasteiger partial charge on any atom is 0.420 e. The first-order valence-corrected chi connectivity index (χ1v) is 9.11. The predicted octanol–water partition coefficient (Wildman–Crippen LogP) is 2.89. The molecule has 30 heavy (non-hydrogen) atoms. The molecule has 0 radical (unpaired) electrons. The lowest BCUT2D eigenvalue weighted by Gasteiger charge is -2.21. The van der Waals surface area contributed by atoms with Crippen LogP contribution in [0.25, 0.3) is 11.1 Å². The van der Waals surface area contributed by atoms with Crippen LogP contribution in [0.1, 0.15) is 13.3 Å². The molecule has 0 atom stereocenters. The van der Waals surface area contributed by atoms with Crippen LogP contribution in [-0.2, 0) is 16.1 Å². The van der Waals surface area contributed by atoms with Crippen LogP contribution in [0.4, 0.5) is 18.9 Å². The Balaban J connectivity index is 1.74. The zero-order chi connectivity index (χ0) is 21.8. The summed E-state index contributed by atoms with van der Waals surface area (Å²) in [4.78, 5) is 38.2. The largest absolute Gasteiger partial charge is 0.420 e. The molecule has 0 aliphatic heterocycles. The number of nitrogens with one attached hydrogen (secondary N) is 1. The molecule has 0 aliphatic rings. The van der Waals surface area contributed by atoms with Crippen LogP contribution in [0.5, 0.6) is 0 Å². The van der Waals surface area contributed by atoms with E-state index in [1.165, 1.54) is 4.90 Å². The summed E-state index contributed by atoms with van der Waals surface area (Å²) in [5.74, 6) is -6.67. The van der Waals surface area contributed by atoms with Gasteiger partial charge in [0.05, 0.1) is 17.7 Å². The molecule has 0 unspecified atom stereocenters. The number of hydrogen-bond acceptors (Lipinski definition) is 4. The normalized spacial score (nSPS) is 10.9. The van der Waals surface area contributed by atoms with E-state index in [0.29, 0.717) is 23.6 Å². The van der Waals surface area contributed by atoms with Crippen molar-refractivity contribution < 1.29 is 27.2 Å². The number of anilines is 1. The van der Waals surface area contributed by atoms with Crippen molar-refractivity contribution in [2.45, 2.75) is 19.9 Å². The minimum atomic E-state index is -1.71. The number of halogens is 3. The second-order valence-corrected chi connectivity index (χ2v) is 6.51. The molecule has 1 aromatic heterocycles. The average molecular weight is 421 g/mol. The Morgan fingerprint density at radius 1 is 1.10 bits per heavy atom. The number of amides is 2. The van der Waals surface area contributed by atoms with Crippen molar-refractivity contribution >= 4 is 28.6 Å². The van der Waals surface area contributed by atoms with Gasteiger partial charge in [0.2, 0.25) is 11.8 Å². The van der Waals surface area contributed by atoms with E-state index in [9.17, 15) is 27.6 Å². The van der Waals surface area contributed by atoms with Gasteiger partial charge >= 0.3 is 5.76 Å². The summed E-state index contributed by atoms with van der Waals surface area (Å²) >= 11 is 0. The minimum Gasteiger partial charge on any atom is -0.408 e. The third-order valence-corrected chi connectivity index (χ3v) is 4.36. The van der Waals surface area contributed by atoms with Crippen molar-refractivity contribution in [3.05, 3.63) is 64.4 Å². The standard InChI is InChI=1S/C20H18F3N3O4/c1-2-9-25(10-16(27)24-13-8-7-12(21)18(22)19(13)23)17(28)11-26-14-5-3-4-6-15(14)30-20(26)29/h3-8H,2,9-11H2,1H3,(H,24,27). The number of para-hydroxylation sites is 2. The van der Waals surface area contributed by atoms with E-state index < -0.39 is 47.3 Å². The molecule has 158 valence electrons. The molecule has 0 aliphatic carbocycles. The van der Waals surface area contributed by atoms with E-state index in [4.69, 9.17) is 4.42 Å². The number of nitrogens with zero attached hydrogens (tertiary/aromatic N) is 2. The molecule has 3 aromatic rings. The molecule has 10 heteroatoms. The van der Waals surface area contributed by atoms with E-state index in [1.54, 1.807) is 31.2 Å².